The summed E-state index contributed by atoms with van der Waals surface area (Å²) in [7, 11) is 1.55. The predicted octanol–water partition coefficient (Wildman–Crippen LogP) is 2.56. The number of hydrogen-bond acceptors (Lipinski definition) is 3. The highest BCUT2D eigenvalue weighted by Crippen LogP contribution is 2.22. The molecule has 0 aromatic heterocycles. The molecule has 0 N–H and O–H groups in total. The molecule has 0 saturated carbocycles. The van der Waals surface area contributed by atoms with Crippen LogP contribution < -0.4 is 0 Å². The molecular formula is C13H15Cl2NO3. The largest absolute Gasteiger partial charge is 0.465 e. The van der Waals surface area contributed by atoms with E-state index in [1.165, 1.54) is 4.90 Å². The zero-order chi connectivity index (χ0) is 14.4. The summed E-state index contributed by atoms with van der Waals surface area (Å²) in [6.07, 6.45) is 0.160. The predicted molar refractivity (Wildman–Crippen MR) is 74.4 cm³/mol. The van der Waals surface area contributed by atoms with E-state index in [-0.39, 0.29) is 18.9 Å². The summed E-state index contributed by atoms with van der Waals surface area (Å²) in [6.45, 7) is 1.96. The molecule has 0 heterocycles. The van der Waals surface area contributed by atoms with Crippen molar-refractivity contribution < 1.29 is 14.3 Å². The summed E-state index contributed by atoms with van der Waals surface area (Å²) in [6, 6.07) is 5.00. The molecule has 6 heteroatoms. The monoisotopic (exact) mass is 303 g/mol. The van der Waals surface area contributed by atoms with Crippen LogP contribution in [0.3, 0.4) is 0 Å². The van der Waals surface area contributed by atoms with E-state index in [0.717, 1.165) is 5.56 Å². The molecule has 4 nitrogen and oxygen atoms in total. The molecule has 0 atom stereocenters. The second-order valence-corrected chi connectivity index (χ2v) is 4.79. The number of likely N-dealkylation sites (N-methyl/N-ethyl adjacent to an activating group) is 1. The maximum Gasteiger partial charge on any atom is 0.325 e. The first-order valence-electron chi connectivity index (χ1n) is 5.77. The summed E-state index contributed by atoms with van der Waals surface area (Å²) in [5.41, 5.74) is 0.745. The van der Waals surface area contributed by atoms with E-state index >= 15 is 0 Å². The first-order chi connectivity index (χ1) is 8.93. The normalized spacial score (nSPS) is 10.1. The van der Waals surface area contributed by atoms with Crippen LogP contribution in [0.4, 0.5) is 0 Å². The fourth-order valence-electron chi connectivity index (χ4n) is 1.45. The summed E-state index contributed by atoms with van der Waals surface area (Å²) in [5.74, 6) is -0.612. The Morgan fingerprint density at radius 3 is 2.53 bits per heavy atom. The minimum atomic E-state index is -0.424. The van der Waals surface area contributed by atoms with E-state index in [1.807, 2.05) is 0 Å². The lowest BCUT2D eigenvalue weighted by molar-refractivity contribution is -0.147. The van der Waals surface area contributed by atoms with Crippen LogP contribution in [-0.4, -0.2) is 37.0 Å². The number of rotatable bonds is 5. The Labute approximate surface area is 122 Å². The molecular weight excluding hydrogens is 289 g/mol. The Morgan fingerprint density at radius 1 is 1.26 bits per heavy atom. The van der Waals surface area contributed by atoms with Crippen molar-refractivity contribution in [1.82, 2.24) is 4.90 Å². The first kappa shape index (κ1) is 15.8. The van der Waals surface area contributed by atoms with Gasteiger partial charge in [0.15, 0.2) is 0 Å². The second-order valence-electron chi connectivity index (χ2n) is 3.98. The van der Waals surface area contributed by atoms with Gasteiger partial charge < -0.3 is 9.64 Å². The lowest BCUT2D eigenvalue weighted by Crippen LogP contribution is -2.34. The maximum atomic E-state index is 11.9. The van der Waals surface area contributed by atoms with Gasteiger partial charge in [0.05, 0.1) is 23.1 Å². The Kier molecular flexibility index (Phi) is 6.12. The molecule has 0 saturated heterocycles. The van der Waals surface area contributed by atoms with Crippen LogP contribution in [0.5, 0.6) is 0 Å². The molecule has 0 aliphatic heterocycles. The Balaban J connectivity index is 2.58. The molecule has 0 bridgehead atoms. The maximum absolute atomic E-state index is 11.9. The standard InChI is InChI=1S/C13H15Cl2NO3/c1-3-19-13(18)8-16(2)12(17)7-9-4-5-10(14)11(15)6-9/h4-6H,3,7-8H2,1-2H3. The van der Waals surface area contributed by atoms with Gasteiger partial charge in [0.2, 0.25) is 5.91 Å². The van der Waals surface area contributed by atoms with Crippen molar-refractivity contribution in [1.29, 1.82) is 0 Å². The highest BCUT2D eigenvalue weighted by atomic mass is 35.5. The molecule has 0 unspecified atom stereocenters. The Bertz CT molecular complexity index is 477. The van der Waals surface area contributed by atoms with Gasteiger partial charge in [-0.05, 0) is 24.6 Å². The van der Waals surface area contributed by atoms with E-state index in [4.69, 9.17) is 27.9 Å². The van der Waals surface area contributed by atoms with Crippen molar-refractivity contribution in [2.45, 2.75) is 13.3 Å². The molecule has 1 aromatic carbocycles. The summed E-state index contributed by atoms with van der Waals surface area (Å²) < 4.78 is 4.78. The molecule has 104 valence electrons. The molecule has 0 fully saturated rings. The van der Waals surface area contributed by atoms with Crippen molar-refractivity contribution in [2.75, 3.05) is 20.2 Å². The van der Waals surface area contributed by atoms with Crippen LogP contribution in [0.25, 0.3) is 0 Å². The number of benzene rings is 1. The van der Waals surface area contributed by atoms with Crippen LogP contribution in [0, 0.1) is 0 Å². The van der Waals surface area contributed by atoms with Crippen molar-refractivity contribution in [2.24, 2.45) is 0 Å². The average molecular weight is 304 g/mol. The van der Waals surface area contributed by atoms with Crippen molar-refractivity contribution in [3.63, 3.8) is 0 Å². The fraction of sp³-hybridized carbons (Fsp3) is 0.385. The molecule has 0 radical (unpaired) electrons. The molecule has 19 heavy (non-hydrogen) atoms. The van der Waals surface area contributed by atoms with Crippen LogP contribution in [0.2, 0.25) is 10.0 Å². The van der Waals surface area contributed by atoms with Gasteiger partial charge in [-0.3, -0.25) is 9.59 Å². The third-order valence-electron chi connectivity index (χ3n) is 2.44. The van der Waals surface area contributed by atoms with Crippen LogP contribution in [0.15, 0.2) is 18.2 Å². The number of halogens is 2. The van der Waals surface area contributed by atoms with Crippen LogP contribution in [0.1, 0.15) is 12.5 Å². The van der Waals surface area contributed by atoms with E-state index in [9.17, 15) is 9.59 Å². The summed E-state index contributed by atoms with van der Waals surface area (Å²) in [4.78, 5) is 24.5. The number of carbonyl (C=O) groups is 2. The first-order valence-corrected chi connectivity index (χ1v) is 6.53. The van der Waals surface area contributed by atoms with Crippen molar-refractivity contribution in [3.05, 3.63) is 33.8 Å². The summed E-state index contributed by atoms with van der Waals surface area (Å²) in [5, 5.41) is 0.845. The van der Waals surface area contributed by atoms with E-state index in [1.54, 1.807) is 32.2 Å². The molecule has 1 rings (SSSR count). The number of nitrogens with zero attached hydrogens (tertiary/aromatic N) is 1. The highest BCUT2D eigenvalue weighted by Gasteiger charge is 2.14. The number of esters is 1. The van der Waals surface area contributed by atoms with E-state index in [2.05, 4.69) is 0 Å². The lowest BCUT2D eigenvalue weighted by atomic mass is 10.1. The van der Waals surface area contributed by atoms with Gasteiger partial charge in [0.25, 0.3) is 0 Å². The number of carbonyl (C=O) groups excluding carboxylic acids is 2. The van der Waals surface area contributed by atoms with Gasteiger partial charge >= 0.3 is 5.97 Å². The topological polar surface area (TPSA) is 46.6 Å². The van der Waals surface area contributed by atoms with Crippen molar-refractivity contribution in [3.8, 4) is 0 Å². The van der Waals surface area contributed by atoms with Gasteiger partial charge in [0.1, 0.15) is 6.54 Å². The molecule has 0 aliphatic rings. The lowest BCUT2D eigenvalue weighted by Gasteiger charge is -2.16. The molecule has 0 aliphatic carbocycles. The fourth-order valence-corrected chi connectivity index (χ4v) is 1.77. The number of ether oxygens (including phenoxy) is 1. The zero-order valence-corrected chi connectivity index (χ0v) is 12.3. The third-order valence-corrected chi connectivity index (χ3v) is 3.18. The smallest absolute Gasteiger partial charge is 0.325 e. The van der Waals surface area contributed by atoms with Crippen molar-refractivity contribution >= 4 is 35.1 Å². The molecule has 1 amide bonds. The third kappa shape index (κ3) is 5.09. The Morgan fingerprint density at radius 2 is 1.95 bits per heavy atom. The number of hydrogen-bond donors (Lipinski definition) is 0. The van der Waals surface area contributed by atoms with Crippen LogP contribution >= 0.6 is 23.2 Å². The molecule has 1 aromatic rings. The zero-order valence-electron chi connectivity index (χ0n) is 10.8. The second kappa shape index (κ2) is 7.36. The van der Waals surface area contributed by atoms with Gasteiger partial charge in [0, 0.05) is 7.05 Å². The van der Waals surface area contributed by atoms with Gasteiger partial charge in [-0.15, -0.1) is 0 Å². The van der Waals surface area contributed by atoms with Gasteiger partial charge in [-0.1, -0.05) is 29.3 Å². The van der Waals surface area contributed by atoms with Gasteiger partial charge in [-0.2, -0.15) is 0 Å². The Hall–Kier alpha value is -1.26. The minimum Gasteiger partial charge on any atom is -0.465 e. The highest BCUT2D eigenvalue weighted by molar-refractivity contribution is 6.42. The molecule has 0 spiro atoms. The number of amides is 1. The van der Waals surface area contributed by atoms with E-state index in [0.29, 0.717) is 16.7 Å². The average Bonchev–Trinajstić information content (AvgIpc) is 2.34. The minimum absolute atomic E-state index is 0.0615. The van der Waals surface area contributed by atoms with Gasteiger partial charge in [-0.25, -0.2) is 0 Å². The van der Waals surface area contributed by atoms with Crippen LogP contribution in [-0.2, 0) is 20.7 Å². The SMILES string of the molecule is CCOC(=O)CN(C)C(=O)Cc1ccc(Cl)c(Cl)c1. The summed E-state index contributed by atoms with van der Waals surface area (Å²) >= 11 is 11.7. The van der Waals surface area contributed by atoms with E-state index < -0.39 is 5.97 Å². The quantitative estimate of drug-likeness (QED) is 0.785.